The Bertz CT molecular complexity index is 589. The molecule has 0 fully saturated rings. The fraction of sp³-hybridized carbons (Fsp3) is 0.600. The zero-order valence-corrected chi connectivity index (χ0v) is 14.0. The van der Waals surface area contributed by atoms with Crippen LogP contribution in [0.4, 0.5) is 0 Å². The zero-order valence-electron chi connectivity index (χ0n) is 13.2. The van der Waals surface area contributed by atoms with E-state index in [1.165, 1.54) is 24.3 Å². The topological polar surface area (TPSA) is 107 Å². The first-order valence-electron chi connectivity index (χ1n) is 7.69. The number of nitrogens with zero attached hydrogens (tertiary/aromatic N) is 1. The lowest BCUT2D eigenvalue weighted by Crippen LogP contribution is -2.43. The third-order valence-electron chi connectivity index (χ3n) is 3.42. The summed E-state index contributed by atoms with van der Waals surface area (Å²) in [5, 5.41) is 21.1. The van der Waals surface area contributed by atoms with E-state index in [0.717, 1.165) is 25.7 Å². The van der Waals surface area contributed by atoms with Crippen LogP contribution in [0.2, 0.25) is 0 Å². The van der Waals surface area contributed by atoms with Gasteiger partial charge in [0.25, 0.3) is 0 Å². The van der Waals surface area contributed by atoms with Crippen molar-refractivity contribution in [1.29, 1.82) is 0 Å². The van der Waals surface area contributed by atoms with Crippen LogP contribution in [0.25, 0.3) is 0 Å². The Kier molecular flexibility index (Phi) is 7.60. The van der Waals surface area contributed by atoms with Gasteiger partial charge < -0.3 is 5.11 Å². The van der Waals surface area contributed by atoms with E-state index >= 15 is 0 Å². The summed E-state index contributed by atoms with van der Waals surface area (Å²) in [6.07, 6.45) is 4.66. The van der Waals surface area contributed by atoms with Gasteiger partial charge in [0.1, 0.15) is 0 Å². The van der Waals surface area contributed by atoms with Crippen LogP contribution in [0.3, 0.4) is 0 Å². The summed E-state index contributed by atoms with van der Waals surface area (Å²) in [6, 6.07) is 7.04. The minimum absolute atomic E-state index is 0.233. The molecule has 0 aliphatic heterocycles. The van der Waals surface area contributed by atoms with Gasteiger partial charge >= 0.3 is 16.0 Å². The maximum atomic E-state index is 12.0. The highest BCUT2D eigenvalue weighted by molar-refractivity contribution is 7.86. The predicted octanol–water partition coefficient (Wildman–Crippen LogP) is 3.07. The molecule has 1 N–H and O–H groups in total. The monoisotopic (exact) mass is 345 g/mol. The van der Waals surface area contributed by atoms with Gasteiger partial charge in [0.2, 0.25) is 0 Å². The molecular formula is C15H23NO6S. The van der Waals surface area contributed by atoms with Crippen LogP contribution in [-0.2, 0) is 14.3 Å². The van der Waals surface area contributed by atoms with Crippen molar-refractivity contribution < 1.29 is 22.6 Å². The second kappa shape index (κ2) is 8.95. The molecule has 0 bridgehead atoms. The molecule has 1 unspecified atom stereocenters. The normalized spacial score (nSPS) is 14.3. The highest BCUT2D eigenvalue weighted by atomic mass is 32.2. The molecule has 23 heavy (non-hydrogen) atoms. The van der Waals surface area contributed by atoms with E-state index in [1.807, 2.05) is 0 Å². The third-order valence-corrected chi connectivity index (χ3v) is 4.75. The van der Waals surface area contributed by atoms with Crippen molar-refractivity contribution in [3.8, 4) is 0 Å². The van der Waals surface area contributed by atoms with E-state index in [0.29, 0.717) is 12.8 Å². The van der Waals surface area contributed by atoms with Gasteiger partial charge in [-0.2, -0.15) is 12.6 Å². The van der Waals surface area contributed by atoms with Crippen LogP contribution in [0, 0.1) is 10.1 Å². The van der Waals surface area contributed by atoms with Gasteiger partial charge in [0, 0.05) is 0 Å². The predicted molar refractivity (Wildman–Crippen MR) is 84.7 cm³/mol. The summed E-state index contributed by atoms with van der Waals surface area (Å²) in [7, 11) is -4.41. The van der Waals surface area contributed by atoms with Crippen LogP contribution >= 0.6 is 0 Å². The van der Waals surface area contributed by atoms with Crippen molar-refractivity contribution in [2.75, 3.05) is 0 Å². The Morgan fingerprint density at radius 1 is 1.13 bits per heavy atom. The summed E-state index contributed by atoms with van der Waals surface area (Å²) >= 11 is 0. The average Bonchev–Trinajstić information content (AvgIpc) is 2.51. The van der Waals surface area contributed by atoms with E-state index in [-0.39, 0.29) is 11.3 Å². The van der Waals surface area contributed by atoms with E-state index in [1.54, 1.807) is 6.07 Å². The van der Waals surface area contributed by atoms with Crippen LogP contribution in [0.15, 0.2) is 35.2 Å². The van der Waals surface area contributed by atoms with Crippen LogP contribution in [0.1, 0.15) is 51.9 Å². The van der Waals surface area contributed by atoms with Gasteiger partial charge in [0.15, 0.2) is 0 Å². The molecule has 0 heterocycles. The Morgan fingerprint density at radius 2 is 1.70 bits per heavy atom. The Hall–Kier alpha value is -1.51. The molecule has 130 valence electrons. The minimum Gasteiger partial charge on any atom is -0.306 e. The van der Waals surface area contributed by atoms with Crippen molar-refractivity contribution in [2.24, 2.45) is 0 Å². The molecule has 8 heteroatoms. The summed E-state index contributed by atoms with van der Waals surface area (Å²) in [5.41, 5.74) is 0. The molecular weight excluding hydrogens is 322 g/mol. The lowest BCUT2D eigenvalue weighted by Gasteiger charge is -2.18. The third kappa shape index (κ3) is 6.25. The number of benzene rings is 1. The van der Waals surface area contributed by atoms with Gasteiger partial charge in [-0.05, 0) is 18.6 Å². The number of nitro groups is 1. The van der Waals surface area contributed by atoms with E-state index in [4.69, 9.17) is 0 Å². The molecule has 0 radical (unpaired) electrons. The molecule has 7 nitrogen and oxygen atoms in total. The minimum atomic E-state index is -4.41. The Balaban J connectivity index is 2.68. The second-order valence-electron chi connectivity index (χ2n) is 5.37. The molecule has 0 aromatic heterocycles. The molecule has 1 atom stereocenters. The number of aliphatic hydroxyl groups is 1. The molecule has 1 aromatic carbocycles. The maximum Gasteiger partial charge on any atom is 0.453 e. The van der Waals surface area contributed by atoms with Crippen molar-refractivity contribution >= 4 is 10.1 Å². The van der Waals surface area contributed by atoms with Gasteiger partial charge in [-0.15, -0.1) is 0 Å². The van der Waals surface area contributed by atoms with E-state index in [9.17, 15) is 23.6 Å². The van der Waals surface area contributed by atoms with Gasteiger partial charge in [0.05, 0.1) is 16.2 Å². The molecule has 0 spiro atoms. The first-order chi connectivity index (χ1) is 10.8. The Morgan fingerprint density at radius 3 is 2.26 bits per heavy atom. The lowest BCUT2D eigenvalue weighted by molar-refractivity contribution is -0.675. The first kappa shape index (κ1) is 19.5. The summed E-state index contributed by atoms with van der Waals surface area (Å²) in [6.45, 7) is 2.08. The second-order valence-corrected chi connectivity index (χ2v) is 6.91. The summed E-state index contributed by atoms with van der Waals surface area (Å²) in [5.74, 6) is -2.93. The number of unbranched alkanes of at least 4 members (excludes halogenated alkanes) is 5. The highest BCUT2D eigenvalue weighted by Gasteiger charge is 2.46. The largest absolute Gasteiger partial charge is 0.453 e. The average molecular weight is 345 g/mol. The van der Waals surface area contributed by atoms with Gasteiger partial charge in [-0.1, -0.05) is 57.2 Å². The van der Waals surface area contributed by atoms with E-state index < -0.39 is 21.0 Å². The SMILES string of the molecule is CCCCCCCCC(O)(OS(=O)(=O)c1ccccc1)[N+](=O)[O-]. The maximum absolute atomic E-state index is 12.0. The highest BCUT2D eigenvalue weighted by Crippen LogP contribution is 2.24. The smallest absolute Gasteiger partial charge is 0.306 e. The molecule has 0 aliphatic rings. The summed E-state index contributed by atoms with van der Waals surface area (Å²) in [4.78, 5) is 9.73. The molecule has 0 aliphatic carbocycles. The quantitative estimate of drug-likeness (QED) is 0.217. The molecule has 0 saturated heterocycles. The van der Waals surface area contributed by atoms with Crippen molar-refractivity contribution in [3.63, 3.8) is 0 Å². The van der Waals surface area contributed by atoms with Crippen LogP contribution in [-0.4, -0.2) is 24.4 Å². The number of hydrogen-bond acceptors (Lipinski definition) is 6. The molecule has 1 aromatic rings. The number of rotatable bonds is 11. The van der Waals surface area contributed by atoms with E-state index in [2.05, 4.69) is 11.1 Å². The molecule has 1 rings (SSSR count). The van der Waals surface area contributed by atoms with Crippen LogP contribution < -0.4 is 0 Å². The van der Waals surface area contributed by atoms with Crippen molar-refractivity contribution in [3.05, 3.63) is 40.4 Å². The first-order valence-corrected chi connectivity index (χ1v) is 9.10. The lowest BCUT2D eigenvalue weighted by atomic mass is 10.1. The standard InChI is InChI=1S/C15H23NO6S/c1-2-3-4-5-6-10-13-15(17,16(18)19)22-23(20,21)14-11-8-7-9-12-14/h7-9,11-12,17H,2-6,10,13H2,1H3. The van der Waals surface area contributed by atoms with Crippen LogP contribution in [0.5, 0.6) is 0 Å². The zero-order chi connectivity index (χ0) is 17.3. The van der Waals surface area contributed by atoms with Crippen molar-refractivity contribution in [1.82, 2.24) is 0 Å². The Labute approximate surface area is 136 Å². The molecule has 0 saturated carbocycles. The fourth-order valence-electron chi connectivity index (χ4n) is 2.11. The van der Waals surface area contributed by atoms with Gasteiger partial charge in [-0.3, -0.25) is 10.1 Å². The van der Waals surface area contributed by atoms with Crippen molar-refractivity contribution in [2.45, 2.75) is 62.7 Å². The summed E-state index contributed by atoms with van der Waals surface area (Å²) < 4.78 is 28.6. The fourth-order valence-corrected chi connectivity index (χ4v) is 3.19. The number of hydrogen-bond donors (Lipinski definition) is 1. The van der Waals surface area contributed by atoms with Gasteiger partial charge in [-0.25, -0.2) is 0 Å². The molecule has 0 amide bonds.